The van der Waals surface area contributed by atoms with Crippen molar-refractivity contribution in [3.63, 3.8) is 0 Å². The number of nitrogens with zero attached hydrogens (tertiary/aromatic N) is 1. The van der Waals surface area contributed by atoms with Crippen molar-refractivity contribution in [1.29, 1.82) is 0 Å². The number of hydrogen-bond acceptors (Lipinski definition) is 4. The molecule has 0 aliphatic heterocycles. The molecule has 0 heterocycles. The predicted octanol–water partition coefficient (Wildman–Crippen LogP) is 2.22. The summed E-state index contributed by atoms with van der Waals surface area (Å²) in [6.07, 6.45) is 0. The molecular formula is C11H15NO2S. The van der Waals surface area contributed by atoms with Crippen LogP contribution in [0.5, 0.6) is 0 Å². The van der Waals surface area contributed by atoms with Gasteiger partial charge in [0.15, 0.2) is 0 Å². The van der Waals surface area contributed by atoms with E-state index < -0.39 is 0 Å². The second-order valence-corrected chi connectivity index (χ2v) is 3.80. The van der Waals surface area contributed by atoms with Crippen LogP contribution in [0.4, 0.5) is 5.69 Å². The molecule has 0 aliphatic carbocycles. The summed E-state index contributed by atoms with van der Waals surface area (Å²) in [7, 11) is 3.86. The Morgan fingerprint density at radius 1 is 1.47 bits per heavy atom. The third-order valence-corrected chi connectivity index (χ3v) is 2.33. The van der Waals surface area contributed by atoms with Crippen LogP contribution >= 0.6 is 12.6 Å². The monoisotopic (exact) mass is 225 g/mol. The zero-order valence-corrected chi connectivity index (χ0v) is 10.0. The molecule has 1 aromatic rings. The molecule has 15 heavy (non-hydrogen) atoms. The molecule has 0 aromatic heterocycles. The summed E-state index contributed by atoms with van der Waals surface area (Å²) in [6, 6.07) is 5.32. The van der Waals surface area contributed by atoms with Gasteiger partial charge in [-0.15, -0.1) is 12.6 Å². The SMILES string of the molecule is CCOC(=O)c1ccc(N(C)C)c(S)c1. The molecular weight excluding hydrogens is 210 g/mol. The molecule has 0 saturated heterocycles. The lowest BCUT2D eigenvalue weighted by atomic mass is 10.2. The van der Waals surface area contributed by atoms with Crippen molar-refractivity contribution in [2.24, 2.45) is 0 Å². The van der Waals surface area contributed by atoms with Gasteiger partial charge in [0.05, 0.1) is 12.2 Å². The highest BCUT2D eigenvalue weighted by atomic mass is 32.1. The molecule has 3 nitrogen and oxygen atoms in total. The van der Waals surface area contributed by atoms with Gasteiger partial charge in [0.25, 0.3) is 0 Å². The second-order valence-electron chi connectivity index (χ2n) is 3.32. The lowest BCUT2D eigenvalue weighted by molar-refractivity contribution is 0.0526. The first-order valence-electron chi connectivity index (χ1n) is 4.73. The summed E-state index contributed by atoms with van der Waals surface area (Å²) in [5.41, 5.74) is 1.51. The Hall–Kier alpha value is -1.16. The van der Waals surface area contributed by atoms with E-state index in [9.17, 15) is 4.79 Å². The van der Waals surface area contributed by atoms with E-state index in [0.29, 0.717) is 12.2 Å². The molecule has 0 amide bonds. The average molecular weight is 225 g/mol. The highest BCUT2D eigenvalue weighted by molar-refractivity contribution is 7.80. The van der Waals surface area contributed by atoms with Crippen molar-refractivity contribution in [2.75, 3.05) is 25.6 Å². The van der Waals surface area contributed by atoms with Gasteiger partial charge in [-0.05, 0) is 25.1 Å². The lowest BCUT2D eigenvalue weighted by Crippen LogP contribution is -2.11. The van der Waals surface area contributed by atoms with Crippen LogP contribution in [0.1, 0.15) is 17.3 Å². The first-order valence-corrected chi connectivity index (χ1v) is 5.18. The van der Waals surface area contributed by atoms with Gasteiger partial charge < -0.3 is 9.64 Å². The molecule has 0 spiro atoms. The number of esters is 1. The van der Waals surface area contributed by atoms with Gasteiger partial charge >= 0.3 is 5.97 Å². The van der Waals surface area contributed by atoms with Gasteiger partial charge in [-0.1, -0.05) is 0 Å². The average Bonchev–Trinajstić information content (AvgIpc) is 2.17. The molecule has 0 radical (unpaired) electrons. The minimum atomic E-state index is -0.307. The third-order valence-electron chi connectivity index (χ3n) is 1.97. The Kier molecular flexibility index (Phi) is 4.03. The molecule has 0 aliphatic rings. The van der Waals surface area contributed by atoms with Gasteiger partial charge in [0.1, 0.15) is 0 Å². The van der Waals surface area contributed by atoms with Crippen LogP contribution in [-0.4, -0.2) is 26.7 Å². The van der Waals surface area contributed by atoms with Crippen molar-refractivity contribution in [3.05, 3.63) is 23.8 Å². The van der Waals surface area contributed by atoms with Crippen LogP contribution < -0.4 is 4.90 Å². The van der Waals surface area contributed by atoms with Crippen molar-refractivity contribution < 1.29 is 9.53 Å². The molecule has 82 valence electrons. The Morgan fingerprint density at radius 2 is 2.13 bits per heavy atom. The van der Waals surface area contributed by atoms with Gasteiger partial charge in [-0.25, -0.2) is 4.79 Å². The van der Waals surface area contributed by atoms with E-state index in [2.05, 4.69) is 12.6 Å². The fourth-order valence-corrected chi connectivity index (χ4v) is 1.66. The molecule has 0 N–H and O–H groups in total. The van der Waals surface area contributed by atoms with E-state index in [1.54, 1.807) is 19.1 Å². The maximum absolute atomic E-state index is 11.4. The standard InChI is InChI=1S/C11H15NO2S/c1-4-14-11(13)8-5-6-9(12(2)3)10(15)7-8/h5-7,15H,4H2,1-3H3. The summed E-state index contributed by atoms with van der Waals surface area (Å²) < 4.78 is 4.90. The fourth-order valence-electron chi connectivity index (χ4n) is 1.24. The number of ether oxygens (including phenoxy) is 1. The first-order chi connectivity index (χ1) is 7.06. The highest BCUT2D eigenvalue weighted by Gasteiger charge is 2.09. The Bertz CT molecular complexity index is 364. The smallest absolute Gasteiger partial charge is 0.338 e. The van der Waals surface area contributed by atoms with Crippen molar-refractivity contribution in [3.8, 4) is 0 Å². The minimum absolute atomic E-state index is 0.307. The second kappa shape index (κ2) is 5.07. The lowest BCUT2D eigenvalue weighted by Gasteiger charge is -2.15. The largest absolute Gasteiger partial charge is 0.462 e. The summed E-state index contributed by atoms with van der Waals surface area (Å²) >= 11 is 4.32. The van der Waals surface area contributed by atoms with Gasteiger partial charge in [0.2, 0.25) is 0 Å². The topological polar surface area (TPSA) is 29.5 Å². The van der Waals surface area contributed by atoms with Crippen LogP contribution in [0, 0.1) is 0 Å². The fraction of sp³-hybridized carbons (Fsp3) is 0.364. The summed E-state index contributed by atoms with van der Waals surface area (Å²) in [4.78, 5) is 14.1. The van der Waals surface area contributed by atoms with Gasteiger partial charge in [0, 0.05) is 24.7 Å². The molecule has 1 rings (SSSR count). The van der Waals surface area contributed by atoms with Crippen LogP contribution in [0.15, 0.2) is 23.1 Å². The van der Waals surface area contributed by atoms with Crippen molar-refractivity contribution in [2.45, 2.75) is 11.8 Å². The zero-order valence-electron chi connectivity index (χ0n) is 9.15. The maximum Gasteiger partial charge on any atom is 0.338 e. The zero-order chi connectivity index (χ0) is 11.4. The minimum Gasteiger partial charge on any atom is -0.462 e. The van der Waals surface area contributed by atoms with Gasteiger partial charge in [-0.2, -0.15) is 0 Å². The number of thiol groups is 1. The number of carbonyl (C=O) groups excluding carboxylic acids is 1. The van der Waals surface area contributed by atoms with E-state index in [4.69, 9.17) is 4.74 Å². The molecule has 0 saturated carbocycles. The highest BCUT2D eigenvalue weighted by Crippen LogP contribution is 2.23. The molecule has 0 fully saturated rings. The number of carbonyl (C=O) groups is 1. The Balaban J connectivity index is 2.96. The van der Waals surface area contributed by atoms with Gasteiger partial charge in [-0.3, -0.25) is 0 Å². The van der Waals surface area contributed by atoms with Crippen molar-refractivity contribution in [1.82, 2.24) is 0 Å². The molecule has 0 unspecified atom stereocenters. The number of rotatable bonds is 3. The van der Waals surface area contributed by atoms with Crippen molar-refractivity contribution >= 4 is 24.3 Å². The van der Waals surface area contributed by atoms with Crippen LogP contribution in [0.25, 0.3) is 0 Å². The van der Waals surface area contributed by atoms with E-state index >= 15 is 0 Å². The first kappa shape index (κ1) is 11.9. The van der Waals surface area contributed by atoms with E-state index in [1.165, 1.54) is 0 Å². The summed E-state index contributed by atoms with van der Waals surface area (Å²) in [5.74, 6) is -0.307. The Labute approximate surface area is 95.4 Å². The summed E-state index contributed by atoms with van der Waals surface area (Å²) in [5, 5.41) is 0. The molecule has 0 atom stereocenters. The Morgan fingerprint density at radius 3 is 2.60 bits per heavy atom. The van der Waals surface area contributed by atoms with E-state index in [-0.39, 0.29) is 5.97 Å². The normalized spacial score (nSPS) is 9.87. The molecule has 0 bridgehead atoms. The van der Waals surface area contributed by atoms with Crippen LogP contribution in [0.3, 0.4) is 0 Å². The molecule has 1 aromatic carbocycles. The van der Waals surface area contributed by atoms with Crippen LogP contribution in [0.2, 0.25) is 0 Å². The quantitative estimate of drug-likeness (QED) is 0.632. The number of hydrogen-bond donors (Lipinski definition) is 1. The predicted molar refractivity (Wildman–Crippen MR) is 64.0 cm³/mol. The van der Waals surface area contributed by atoms with E-state index in [1.807, 2.05) is 25.1 Å². The summed E-state index contributed by atoms with van der Waals surface area (Å²) in [6.45, 7) is 2.17. The van der Waals surface area contributed by atoms with Crippen LogP contribution in [-0.2, 0) is 4.74 Å². The number of anilines is 1. The molecule has 4 heteroatoms. The third kappa shape index (κ3) is 2.89. The van der Waals surface area contributed by atoms with E-state index in [0.717, 1.165) is 10.6 Å². The number of benzene rings is 1. The maximum atomic E-state index is 11.4.